The third-order valence-corrected chi connectivity index (χ3v) is 2.15. The van der Waals surface area contributed by atoms with Gasteiger partial charge in [0.1, 0.15) is 4.90 Å². The fourth-order valence-corrected chi connectivity index (χ4v) is 1.36. The van der Waals surface area contributed by atoms with Gasteiger partial charge < -0.3 is 0 Å². The predicted octanol–water partition coefficient (Wildman–Crippen LogP) is 0.177. The number of halogens is 1. The minimum absolute atomic E-state index is 0.542. The Morgan fingerprint density at radius 3 is 2.58 bits per heavy atom. The summed E-state index contributed by atoms with van der Waals surface area (Å²) in [6.07, 6.45) is 1.23. The van der Waals surface area contributed by atoms with Crippen LogP contribution in [-0.2, 0) is 10.0 Å². The molecule has 6 heteroatoms. The van der Waals surface area contributed by atoms with Crippen LogP contribution in [0.25, 0.3) is 0 Å². The van der Waals surface area contributed by atoms with Crippen molar-refractivity contribution < 1.29 is 12.8 Å². The van der Waals surface area contributed by atoms with Gasteiger partial charge in [0.25, 0.3) is 0 Å². The fraction of sp³-hybridized carbons (Fsp3) is 0.167. The fourth-order valence-electron chi connectivity index (χ4n) is 0.725. The van der Waals surface area contributed by atoms with Crippen molar-refractivity contribution in [1.82, 2.24) is 4.98 Å². The van der Waals surface area contributed by atoms with Gasteiger partial charge in [-0.25, -0.2) is 18.5 Å². The molecule has 0 saturated carbocycles. The van der Waals surface area contributed by atoms with Gasteiger partial charge in [0.05, 0.1) is 0 Å². The number of primary sulfonamides is 1. The van der Waals surface area contributed by atoms with E-state index in [1.807, 2.05) is 0 Å². The first-order chi connectivity index (χ1) is 5.41. The van der Waals surface area contributed by atoms with Crippen LogP contribution in [0, 0.1) is 12.9 Å². The lowest BCUT2D eigenvalue weighted by molar-refractivity contribution is 0.538. The predicted molar refractivity (Wildman–Crippen MR) is 40.3 cm³/mol. The minimum atomic E-state index is -3.99. The van der Waals surface area contributed by atoms with Crippen LogP contribution in [0.2, 0.25) is 0 Å². The van der Waals surface area contributed by atoms with Crippen molar-refractivity contribution in [3.8, 4) is 0 Å². The number of pyridine rings is 1. The van der Waals surface area contributed by atoms with E-state index in [9.17, 15) is 12.8 Å². The molecule has 0 aliphatic carbocycles. The number of nitrogens with zero attached hydrogens (tertiary/aromatic N) is 1. The summed E-state index contributed by atoms with van der Waals surface area (Å²) in [7, 11) is -3.99. The molecule has 0 atom stereocenters. The van der Waals surface area contributed by atoms with E-state index in [0.29, 0.717) is 5.56 Å². The van der Waals surface area contributed by atoms with Gasteiger partial charge in [-0.05, 0) is 18.6 Å². The summed E-state index contributed by atoms with van der Waals surface area (Å²) in [5, 5.41) is 4.72. The Kier molecular flexibility index (Phi) is 2.12. The zero-order valence-corrected chi connectivity index (χ0v) is 7.10. The Hall–Kier alpha value is -1.01. The number of sulfonamides is 1. The number of hydrogen-bond donors (Lipinski definition) is 1. The second-order valence-corrected chi connectivity index (χ2v) is 3.88. The topological polar surface area (TPSA) is 73.0 Å². The molecule has 1 heterocycles. The average molecular weight is 190 g/mol. The van der Waals surface area contributed by atoms with E-state index in [1.54, 1.807) is 6.92 Å². The summed E-state index contributed by atoms with van der Waals surface area (Å²) in [5.41, 5.74) is 0.542. The smallest absolute Gasteiger partial charge is 0.227 e. The van der Waals surface area contributed by atoms with Crippen molar-refractivity contribution in [2.75, 3.05) is 0 Å². The SMILES string of the molecule is Cc1cnc(F)c(S(N)(=O)=O)c1. The van der Waals surface area contributed by atoms with Crippen LogP contribution in [0.3, 0.4) is 0 Å². The summed E-state index contributed by atoms with van der Waals surface area (Å²) < 4.78 is 34.1. The van der Waals surface area contributed by atoms with Gasteiger partial charge in [0.15, 0.2) is 0 Å². The van der Waals surface area contributed by atoms with Crippen molar-refractivity contribution >= 4 is 10.0 Å². The molecule has 1 aromatic heterocycles. The van der Waals surface area contributed by atoms with Crippen LogP contribution in [0.5, 0.6) is 0 Å². The number of rotatable bonds is 1. The maximum atomic E-state index is 12.7. The van der Waals surface area contributed by atoms with E-state index in [2.05, 4.69) is 4.98 Å². The number of aromatic nitrogens is 1. The van der Waals surface area contributed by atoms with Gasteiger partial charge in [-0.2, -0.15) is 4.39 Å². The van der Waals surface area contributed by atoms with Gasteiger partial charge in [-0.1, -0.05) is 0 Å². The van der Waals surface area contributed by atoms with Crippen LogP contribution in [0.1, 0.15) is 5.56 Å². The highest BCUT2D eigenvalue weighted by Crippen LogP contribution is 2.10. The first kappa shape index (κ1) is 9.08. The van der Waals surface area contributed by atoms with Gasteiger partial charge >= 0.3 is 0 Å². The molecule has 0 aliphatic heterocycles. The van der Waals surface area contributed by atoms with Crippen molar-refractivity contribution in [1.29, 1.82) is 0 Å². The monoisotopic (exact) mass is 190 g/mol. The third-order valence-electron chi connectivity index (χ3n) is 1.25. The molecule has 0 bridgehead atoms. The van der Waals surface area contributed by atoms with Crippen LogP contribution in [0.4, 0.5) is 4.39 Å². The van der Waals surface area contributed by atoms with E-state index in [1.165, 1.54) is 6.20 Å². The lowest BCUT2D eigenvalue weighted by atomic mass is 10.3. The Morgan fingerprint density at radius 1 is 1.58 bits per heavy atom. The van der Waals surface area contributed by atoms with E-state index in [4.69, 9.17) is 5.14 Å². The maximum absolute atomic E-state index is 12.7. The van der Waals surface area contributed by atoms with Crippen LogP contribution in [-0.4, -0.2) is 13.4 Å². The molecule has 66 valence electrons. The Bertz CT molecular complexity index is 402. The highest BCUT2D eigenvalue weighted by Gasteiger charge is 2.14. The molecule has 0 amide bonds. The maximum Gasteiger partial charge on any atom is 0.242 e. The molecule has 0 radical (unpaired) electrons. The van der Waals surface area contributed by atoms with Crippen molar-refractivity contribution in [3.05, 3.63) is 23.8 Å². The minimum Gasteiger partial charge on any atom is -0.227 e. The standard InChI is InChI=1S/C6H7FN2O2S/c1-4-2-5(12(8,10)11)6(7)9-3-4/h2-3H,1H3,(H2,8,10,11). The molecule has 0 unspecified atom stereocenters. The molecule has 0 spiro atoms. The highest BCUT2D eigenvalue weighted by atomic mass is 32.2. The van der Waals surface area contributed by atoms with Crippen molar-refractivity contribution in [3.63, 3.8) is 0 Å². The van der Waals surface area contributed by atoms with Crippen LogP contribution in [0.15, 0.2) is 17.2 Å². The third kappa shape index (κ3) is 1.77. The molecule has 0 fully saturated rings. The summed E-state index contributed by atoms with van der Waals surface area (Å²) in [4.78, 5) is 2.65. The molecule has 0 aromatic carbocycles. The van der Waals surface area contributed by atoms with Gasteiger partial charge in [0.2, 0.25) is 16.0 Å². The lowest BCUT2D eigenvalue weighted by Crippen LogP contribution is -2.15. The molecule has 4 nitrogen and oxygen atoms in total. The van der Waals surface area contributed by atoms with E-state index in [-0.39, 0.29) is 0 Å². The molecule has 0 aliphatic rings. The van der Waals surface area contributed by atoms with Crippen molar-refractivity contribution in [2.45, 2.75) is 11.8 Å². The second kappa shape index (κ2) is 2.80. The zero-order valence-electron chi connectivity index (χ0n) is 6.28. The first-order valence-electron chi connectivity index (χ1n) is 3.06. The average Bonchev–Trinajstić information content (AvgIpc) is 1.92. The Labute approximate surface area is 69.3 Å². The van der Waals surface area contributed by atoms with Gasteiger partial charge in [0, 0.05) is 6.20 Å². The van der Waals surface area contributed by atoms with E-state index >= 15 is 0 Å². The summed E-state index contributed by atoms with van der Waals surface area (Å²) >= 11 is 0. The summed E-state index contributed by atoms with van der Waals surface area (Å²) in [5.74, 6) is -1.07. The van der Waals surface area contributed by atoms with E-state index < -0.39 is 20.9 Å². The first-order valence-corrected chi connectivity index (χ1v) is 4.61. The zero-order chi connectivity index (χ0) is 9.35. The molecule has 12 heavy (non-hydrogen) atoms. The number of hydrogen-bond acceptors (Lipinski definition) is 3. The lowest BCUT2D eigenvalue weighted by Gasteiger charge is -1.99. The van der Waals surface area contributed by atoms with Crippen LogP contribution >= 0.6 is 0 Å². The molecule has 1 rings (SSSR count). The molecule has 2 N–H and O–H groups in total. The van der Waals surface area contributed by atoms with Crippen LogP contribution < -0.4 is 5.14 Å². The second-order valence-electron chi connectivity index (χ2n) is 2.35. The van der Waals surface area contributed by atoms with E-state index in [0.717, 1.165) is 6.07 Å². The molecular weight excluding hydrogens is 183 g/mol. The quantitative estimate of drug-likeness (QED) is 0.642. The summed E-state index contributed by atoms with van der Waals surface area (Å²) in [6, 6.07) is 1.14. The normalized spacial score (nSPS) is 11.6. The molecule has 1 aromatic rings. The Morgan fingerprint density at radius 2 is 2.17 bits per heavy atom. The molecule has 0 saturated heterocycles. The number of aryl methyl sites for hydroxylation is 1. The summed E-state index contributed by atoms with van der Waals surface area (Å²) in [6.45, 7) is 1.60. The van der Waals surface area contributed by atoms with Gasteiger partial charge in [-0.15, -0.1) is 0 Å². The molecular formula is C6H7FN2O2S. The van der Waals surface area contributed by atoms with Crippen molar-refractivity contribution in [2.24, 2.45) is 5.14 Å². The highest BCUT2D eigenvalue weighted by molar-refractivity contribution is 7.89. The van der Waals surface area contributed by atoms with Gasteiger partial charge in [-0.3, -0.25) is 0 Å². The number of nitrogens with two attached hydrogens (primary N) is 1. The Balaban J connectivity index is 3.43. The largest absolute Gasteiger partial charge is 0.242 e.